The number of rotatable bonds is 6. The van der Waals surface area contributed by atoms with Gasteiger partial charge in [-0.3, -0.25) is 4.79 Å². The van der Waals surface area contributed by atoms with Gasteiger partial charge in [0.1, 0.15) is 0 Å². The number of aryl methyl sites for hydroxylation is 1. The fourth-order valence-electron chi connectivity index (χ4n) is 1.52. The maximum Gasteiger partial charge on any atom is 0.303 e. The van der Waals surface area contributed by atoms with Gasteiger partial charge < -0.3 is 5.11 Å². The molecule has 0 spiro atoms. The van der Waals surface area contributed by atoms with Gasteiger partial charge in [-0.25, -0.2) is 13.1 Å². The number of halogens is 1. The van der Waals surface area contributed by atoms with Gasteiger partial charge in [0.25, 0.3) is 0 Å². The predicted octanol–water partition coefficient (Wildman–Crippen LogP) is 2.29. The van der Waals surface area contributed by atoms with E-state index in [1.54, 1.807) is 26.0 Å². The highest BCUT2D eigenvalue weighted by Gasteiger charge is 2.18. The average molecular weight is 350 g/mol. The highest BCUT2D eigenvalue weighted by Crippen LogP contribution is 2.20. The third-order valence-electron chi connectivity index (χ3n) is 2.59. The van der Waals surface area contributed by atoms with Crippen molar-refractivity contribution >= 4 is 31.9 Å². The summed E-state index contributed by atoms with van der Waals surface area (Å²) in [5.74, 6) is -0.939. The summed E-state index contributed by atoms with van der Waals surface area (Å²) < 4.78 is 27.5. The molecule has 5 nitrogen and oxygen atoms in total. The first kappa shape index (κ1) is 16.1. The molecule has 1 aromatic carbocycles. The molecular formula is C12H16BrNO4S. The second kappa shape index (κ2) is 6.49. The average Bonchev–Trinajstić information content (AvgIpc) is 2.29. The van der Waals surface area contributed by atoms with Gasteiger partial charge in [0.2, 0.25) is 10.0 Å². The fourth-order valence-corrected chi connectivity index (χ4v) is 3.13. The van der Waals surface area contributed by atoms with Crippen LogP contribution in [0.5, 0.6) is 0 Å². The van der Waals surface area contributed by atoms with Crippen LogP contribution in [0.4, 0.5) is 0 Å². The second-order valence-corrected chi connectivity index (χ2v) is 6.93. The minimum absolute atomic E-state index is 0.0664. The predicted molar refractivity (Wildman–Crippen MR) is 75.5 cm³/mol. The summed E-state index contributed by atoms with van der Waals surface area (Å²) in [6.45, 7) is 3.45. The number of carbonyl (C=O) groups is 1. The van der Waals surface area contributed by atoms with Gasteiger partial charge in [-0.2, -0.15) is 0 Å². The maximum absolute atomic E-state index is 12.1. The van der Waals surface area contributed by atoms with E-state index >= 15 is 0 Å². The van der Waals surface area contributed by atoms with E-state index in [2.05, 4.69) is 20.7 Å². The molecule has 1 rings (SSSR count). The first-order valence-electron chi connectivity index (χ1n) is 5.72. The first-order valence-corrected chi connectivity index (χ1v) is 8.00. The van der Waals surface area contributed by atoms with E-state index in [1.807, 2.05) is 0 Å². The van der Waals surface area contributed by atoms with Gasteiger partial charge in [-0.05, 0) is 44.0 Å². The zero-order valence-corrected chi connectivity index (χ0v) is 13.1. The lowest BCUT2D eigenvalue weighted by molar-refractivity contribution is -0.137. The number of carboxylic acid groups (broad SMARTS) is 1. The van der Waals surface area contributed by atoms with Gasteiger partial charge in [0.15, 0.2) is 0 Å². The number of hydrogen-bond acceptors (Lipinski definition) is 3. The van der Waals surface area contributed by atoms with Crippen LogP contribution in [0, 0.1) is 6.92 Å². The molecule has 0 aliphatic rings. The van der Waals surface area contributed by atoms with Crippen molar-refractivity contribution in [3.8, 4) is 0 Å². The molecule has 0 fully saturated rings. The third kappa shape index (κ3) is 4.93. The lowest BCUT2D eigenvalue weighted by atomic mass is 10.2. The molecule has 0 heterocycles. The minimum Gasteiger partial charge on any atom is -0.481 e. The van der Waals surface area contributed by atoms with E-state index in [0.29, 0.717) is 0 Å². The Bertz CT molecular complexity index is 571. The molecule has 0 amide bonds. The van der Waals surface area contributed by atoms with Crippen molar-refractivity contribution in [2.75, 3.05) is 0 Å². The van der Waals surface area contributed by atoms with Crippen LogP contribution in [0.2, 0.25) is 0 Å². The van der Waals surface area contributed by atoms with E-state index in [0.717, 1.165) is 10.0 Å². The van der Waals surface area contributed by atoms with Crippen LogP contribution >= 0.6 is 15.9 Å². The molecule has 106 valence electrons. The third-order valence-corrected chi connectivity index (χ3v) is 5.06. The lowest BCUT2D eigenvalue weighted by Crippen LogP contribution is -2.33. The van der Waals surface area contributed by atoms with Crippen molar-refractivity contribution < 1.29 is 18.3 Å². The minimum atomic E-state index is -3.61. The Kier molecular flexibility index (Phi) is 5.51. The summed E-state index contributed by atoms with van der Waals surface area (Å²) in [5.41, 5.74) is 0.820. The van der Waals surface area contributed by atoms with Crippen molar-refractivity contribution in [2.24, 2.45) is 0 Å². The van der Waals surface area contributed by atoms with Crippen LogP contribution in [-0.2, 0) is 14.8 Å². The molecule has 19 heavy (non-hydrogen) atoms. The van der Waals surface area contributed by atoms with E-state index in [-0.39, 0.29) is 17.7 Å². The largest absolute Gasteiger partial charge is 0.481 e. The summed E-state index contributed by atoms with van der Waals surface area (Å²) >= 11 is 3.31. The van der Waals surface area contributed by atoms with Crippen LogP contribution in [0.15, 0.2) is 27.6 Å². The van der Waals surface area contributed by atoms with E-state index in [4.69, 9.17) is 5.11 Å². The fraction of sp³-hybridized carbons (Fsp3) is 0.417. The van der Waals surface area contributed by atoms with Crippen LogP contribution in [0.25, 0.3) is 0 Å². The number of aliphatic carboxylic acids is 1. The number of benzene rings is 1. The van der Waals surface area contributed by atoms with Crippen LogP contribution in [0.1, 0.15) is 25.3 Å². The topological polar surface area (TPSA) is 83.5 Å². The van der Waals surface area contributed by atoms with Crippen molar-refractivity contribution in [2.45, 2.75) is 37.6 Å². The van der Waals surface area contributed by atoms with E-state index in [9.17, 15) is 13.2 Å². The quantitative estimate of drug-likeness (QED) is 0.825. The Balaban J connectivity index is 2.80. The first-order chi connectivity index (χ1) is 8.72. The SMILES string of the molecule is Cc1cc(S(=O)(=O)NC(C)CCC(=O)O)ccc1Br. The smallest absolute Gasteiger partial charge is 0.303 e. The Morgan fingerprint density at radius 2 is 2.11 bits per heavy atom. The van der Waals surface area contributed by atoms with Crippen LogP contribution < -0.4 is 4.72 Å². The van der Waals surface area contributed by atoms with E-state index < -0.39 is 22.0 Å². The number of sulfonamides is 1. The normalized spacial score (nSPS) is 13.2. The van der Waals surface area contributed by atoms with Crippen molar-refractivity contribution in [1.29, 1.82) is 0 Å². The number of hydrogen-bond donors (Lipinski definition) is 2. The molecule has 7 heteroatoms. The van der Waals surface area contributed by atoms with Crippen molar-refractivity contribution in [1.82, 2.24) is 4.72 Å². The Morgan fingerprint density at radius 3 is 2.63 bits per heavy atom. The molecule has 0 aliphatic carbocycles. The number of nitrogens with one attached hydrogen (secondary N) is 1. The zero-order valence-electron chi connectivity index (χ0n) is 10.7. The molecule has 0 radical (unpaired) electrons. The Morgan fingerprint density at radius 1 is 1.47 bits per heavy atom. The summed E-state index contributed by atoms with van der Waals surface area (Å²) in [7, 11) is -3.61. The van der Waals surface area contributed by atoms with Crippen LogP contribution in [-0.4, -0.2) is 25.5 Å². The highest BCUT2D eigenvalue weighted by molar-refractivity contribution is 9.10. The molecule has 0 aromatic heterocycles. The van der Waals surface area contributed by atoms with E-state index in [1.165, 1.54) is 6.07 Å². The molecule has 0 bridgehead atoms. The van der Waals surface area contributed by atoms with Gasteiger partial charge in [0, 0.05) is 16.9 Å². The zero-order chi connectivity index (χ0) is 14.6. The molecule has 1 atom stereocenters. The Labute approximate surface area is 121 Å². The number of carboxylic acids is 1. The summed E-state index contributed by atoms with van der Waals surface area (Å²) in [5, 5.41) is 8.56. The molecule has 1 aromatic rings. The van der Waals surface area contributed by atoms with Crippen molar-refractivity contribution in [3.05, 3.63) is 28.2 Å². The standard InChI is InChI=1S/C12H16BrNO4S/c1-8-7-10(4-5-11(8)13)19(17,18)14-9(2)3-6-12(15)16/h4-5,7,9,14H,3,6H2,1-2H3,(H,15,16). The summed E-state index contributed by atoms with van der Waals surface area (Å²) in [6, 6.07) is 4.32. The summed E-state index contributed by atoms with van der Waals surface area (Å²) in [6.07, 6.45) is 0.188. The molecule has 1 unspecified atom stereocenters. The lowest BCUT2D eigenvalue weighted by Gasteiger charge is -2.13. The van der Waals surface area contributed by atoms with Crippen molar-refractivity contribution in [3.63, 3.8) is 0 Å². The molecule has 0 saturated heterocycles. The second-order valence-electron chi connectivity index (χ2n) is 4.37. The summed E-state index contributed by atoms with van der Waals surface area (Å²) in [4.78, 5) is 10.6. The molecule has 0 saturated carbocycles. The highest BCUT2D eigenvalue weighted by atomic mass is 79.9. The van der Waals surface area contributed by atoms with Gasteiger partial charge in [-0.1, -0.05) is 15.9 Å². The van der Waals surface area contributed by atoms with Gasteiger partial charge >= 0.3 is 5.97 Å². The van der Waals surface area contributed by atoms with Gasteiger partial charge in [0.05, 0.1) is 4.90 Å². The van der Waals surface area contributed by atoms with Crippen LogP contribution in [0.3, 0.4) is 0 Å². The van der Waals surface area contributed by atoms with Gasteiger partial charge in [-0.15, -0.1) is 0 Å². The molecule has 0 aliphatic heterocycles. The monoisotopic (exact) mass is 349 g/mol. The Hall–Kier alpha value is -0.920. The maximum atomic E-state index is 12.1. The molecule has 2 N–H and O–H groups in total. The molecular weight excluding hydrogens is 334 g/mol.